The molecule has 13 heteroatoms. The zero-order valence-electron chi connectivity index (χ0n) is 24.8. The Morgan fingerprint density at radius 1 is 1.04 bits per heavy atom. The van der Waals surface area contributed by atoms with Gasteiger partial charge in [0, 0.05) is 11.3 Å². The highest BCUT2D eigenvalue weighted by atomic mass is 79.9. The number of hydrogen-bond acceptors (Lipinski definition) is 8. The number of rotatable bonds is 13. The van der Waals surface area contributed by atoms with E-state index in [1.54, 1.807) is 62.4 Å². The standard InChI is InChI=1S/C32H32BrFN4O6S/c1-4-41-26-15-21(14-24(33)30(26)44-17-20-9-8-10-22(34)13-20)16-35-38-27(39)18-43-25-12-7-6-11-23(25)29-28(31(40)42-5-2)19(3)36-32(45)37-29/h6-16,29H,4-5,17-18H2,1-3H3,(H,38,39)(H2,36,37,45)/t29-/m0/s1. The monoisotopic (exact) mass is 698 g/mol. The van der Waals surface area contributed by atoms with Gasteiger partial charge in [0.15, 0.2) is 23.2 Å². The Hall–Kier alpha value is -4.49. The number of hydrazone groups is 1. The normalized spacial score (nSPS) is 14.4. The van der Waals surface area contributed by atoms with Gasteiger partial charge in [0.2, 0.25) is 0 Å². The number of nitrogens with zero attached hydrogens (tertiary/aromatic N) is 1. The average Bonchev–Trinajstić information content (AvgIpc) is 2.99. The van der Waals surface area contributed by atoms with Gasteiger partial charge in [-0.2, -0.15) is 5.10 Å². The number of amides is 1. The van der Waals surface area contributed by atoms with E-state index in [-0.39, 0.29) is 25.6 Å². The Bertz CT molecular complexity index is 1630. The summed E-state index contributed by atoms with van der Waals surface area (Å²) in [5, 5.41) is 10.4. The van der Waals surface area contributed by atoms with Crippen molar-refractivity contribution in [1.29, 1.82) is 0 Å². The highest BCUT2D eigenvalue weighted by molar-refractivity contribution is 9.10. The van der Waals surface area contributed by atoms with E-state index >= 15 is 0 Å². The lowest BCUT2D eigenvalue weighted by Crippen LogP contribution is -2.45. The summed E-state index contributed by atoms with van der Waals surface area (Å²) in [5.74, 6) is -0.0567. The van der Waals surface area contributed by atoms with E-state index in [1.807, 2.05) is 6.92 Å². The lowest BCUT2D eigenvalue weighted by atomic mass is 9.95. The number of carbonyl (C=O) groups is 2. The number of hydrogen-bond donors (Lipinski definition) is 3. The minimum absolute atomic E-state index is 0.142. The van der Waals surface area contributed by atoms with Crippen molar-refractivity contribution in [3.63, 3.8) is 0 Å². The number of nitrogens with one attached hydrogen (secondary N) is 3. The molecule has 0 saturated carbocycles. The number of allylic oxidation sites excluding steroid dienone is 1. The maximum atomic E-state index is 13.6. The largest absolute Gasteiger partial charge is 0.490 e. The summed E-state index contributed by atoms with van der Waals surface area (Å²) < 4.78 is 36.9. The van der Waals surface area contributed by atoms with Crippen molar-refractivity contribution >= 4 is 51.4 Å². The number of benzene rings is 3. The highest BCUT2D eigenvalue weighted by Crippen LogP contribution is 2.37. The summed E-state index contributed by atoms with van der Waals surface area (Å²) in [7, 11) is 0. The third kappa shape index (κ3) is 9.02. The van der Waals surface area contributed by atoms with Gasteiger partial charge in [0.25, 0.3) is 5.91 Å². The van der Waals surface area contributed by atoms with Crippen LogP contribution in [0.4, 0.5) is 4.39 Å². The molecule has 0 saturated heterocycles. The van der Waals surface area contributed by atoms with E-state index in [4.69, 9.17) is 31.2 Å². The minimum atomic E-state index is -0.645. The van der Waals surface area contributed by atoms with Crippen molar-refractivity contribution in [2.24, 2.45) is 5.10 Å². The van der Waals surface area contributed by atoms with E-state index < -0.39 is 17.9 Å². The van der Waals surface area contributed by atoms with Crippen molar-refractivity contribution in [2.75, 3.05) is 19.8 Å². The van der Waals surface area contributed by atoms with Gasteiger partial charge in [-0.05, 0) is 90.4 Å². The van der Waals surface area contributed by atoms with E-state index in [0.29, 0.717) is 61.4 Å². The summed E-state index contributed by atoms with van der Waals surface area (Å²) in [6, 6.07) is 16.0. The lowest BCUT2D eigenvalue weighted by Gasteiger charge is -2.30. The number of halogens is 2. The van der Waals surface area contributed by atoms with Gasteiger partial charge in [-0.25, -0.2) is 14.6 Å². The van der Waals surface area contributed by atoms with Gasteiger partial charge >= 0.3 is 5.97 Å². The SMILES string of the molecule is CCOC(=O)C1=C(C)NC(=S)N[C@H]1c1ccccc1OCC(=O)NN=Cc1cc(Br)c(OCc2cccc(F)c2)c(OCC)c1. The van der Waals surface area contributed by atoms with Crippen molar-refractivity contribution in [3.8, 4) is 17.2 Å². The Balaban J connectivity index is 1.41. The Morgan fingerprint density at radius 3 is 2.60 bits per heavy atom. The molecule has 1 heterocycles. The fraction of sp³-hybridized carbons (Fsp3) is 0.250. The summed E-state index contributed by atoms with van der Waals surface area (Å²) in [6.07, 6.45) is 1.45. The number of para-hydroxylation sites is 1. The van der Waals surface area contributed by atoms with Crippen molar-refractivity contribution < 1.29 is 32.9 Å². The molecule has 0 unspecified atom stereocenters. The van der Waals surface area contributed by atoms with Crippen LogP contribution in [0.15, 0.2) is 81.5 Å². The molecule has 3 aromatic carbocycles. The quantitative estimate of drug-likeness (QED) is 0.0927. The van der Waals surface area contributed by atoms with Gasteiger partial charge < -0.3 is 29.6 Å². The topological polar surface area (TPSA) is 120 Å². The second-order valence-corrected chi connectivity index (χ2v) is 10.9. The lowest BCUT2D eigenvalue weighted by molar-refractivity contribution is -0.139. The van der Waals surface area contributed by atoms with Crippen molar-refractivity contribution in [1.82, 2.24) is 16.1 Å². The second-order valence-electron chi connectivity index (χ2n) is 9.59. The number of thiocarbonyl (C=S) groups is 1. The van der Waals surface area contributed by atoms with Crippen molar-refractivity contribution in [3.05, 3.63) is 98.9 Å². The first-order valence-corrected chi connectivity index (χ1v) is 15.2. The van der Waals surface area contributed by atoms with Crippen LogP contribution in [-0.2, 0) is 20.9 Å². The average molecular weight is 700 g/mol. The first-order chi connectivity index (χ1) is 21.7. The molecule has 45 heavy (non-hydrogen) atoms. The van der Waals surface area contributed by atoms with E-state index in [1.165, 1.54) is 18.3 Å². The van der Waals surface area contributed by atoms with Crippen LogP contribution in [0.2, 0.25) is 0 Å². The van der Waals surface area contributed by atoms with Gasteiger partial charge in [-0.15, -0.1) is 0 Å². The maximum absolute atomic E-state index is 13.6. The van der Waals surface area contributed by atoms with Crippen LogP contribution in [0.1, 0.15) is 43.5 Å². The zero-order chi connectivity index (χ0) is 32.3. The van der Waals surface area contributed by atoms with Gasteiger partial charge in [0.05, 0.1) is 35.5 Å². The Morgan fingerprint density at radius 2 is 1.84 bits per heavy atom. The summed E-state index contributed by atoms with van der Waals surface area (Å²) in [5.41, 5.74) is 5.27. The molecule has 10 nitrogen and oxygen atoms in total. The molecule has 236 valence electrons. The van der Waals surface area contributed by atoms with Crippen LogP contribution >= 0.6 is 28.1 Å². The fourth-order valence-corrected chi connectivity index (χ4v) is 5.30. The van der Waals surface area contributed by atoms with Gasteiger partial charge in [-0.1, -0.05) is 30.3 Å². The third-order valence-electron chi connectivity index (χ3n) is 6.36. The van der Waals surface area contributed by atoms with Crippen LogP contribution in [-0.4, -0.2) is 43.0 Å². The third-order valence-corrected chi connectivity index (χ3v) is 7.17. The van der Waals surface area contributed by atoms with Gasteiger partial charge in [-0.3, -0.25) is 4.79 Å². The smallest absolute Gasteiger partial charge is 0.338 e. The van der Waals surface area contributed by atoms with E-state index in [9.17, 15) is 14.0 Å². The van der Waals surface area contributed by atoms with E-state index in [2.05, 4.69) is 37.1 Å². The van der Waals surface area contributed by atoms with Crippen LogP contribution in [0.5, 0.6) is 17.2 Å². The number of esters is 1. The molecule has 1 amide bonds. The molecule has 0 aliphatic carbocycles. The molecule has 1 atom stereocenters. The maximum Gasteiger partial charge on any atom is 0.338 e. The predicted molar refractivity (Wildman–Crippen MR) is 175 cm³/mol. The molecule has 0 spiro atoms. The fourth-order valence-electron chi connectivity index (χ4n) is 4.46. The second kappa shape index (κ2) is 16.0. The van der Waals surface area contributed by atoms with Crippen LogP contribution in [0.3, 0.4) is 0 Å². The first kappa shape index (κ1) is 33.4. The molecule has 3 aromatic rings. The van der Waals surface area contributed by atoms with E-state index in [0.717, 1.165) is 0 Å². The first-order valence-electron chi connectivity index (χ1n) is 14.0. The summed E-state index contributed by atoms with van der Waals surface area (Å²) >= 11 is 8.82. The molecule has 3 N–H and O–H groups in total. The summed E-state index contributed by atoms with van der Waals surface area (Å²) in [6.45, 7) is 5.70. The molecule has 0 fully saturated rings. The molecular weight excluding hydrogens is 667 g/mol. The predicted octanol–water partition coefficient (Wildman–Crippen LogP) is 5.45. The number of ether oxygens (including phenoxy) is 4. The summed E-state index contributed by atoms with van der Waals surface area (Å²) in [4.78, 5) is 25.4. The molecular formula is C32H32BrFN4O6S. The van der Waals surface area contributed by atoms with Crippen LogP contribution in [0.25, 0.3) is 0 Å². The highest BCUT2D eigenvalue weighted by Gasteiger charge is 2.32. The molecule has 4 rings (SSSR count). The molecule has 1 aliphatic heterocycles. The van der Waals surface area contributed by atoms with Crippen LogP contribution < -0.4 is 30.3 Å². The zero-order valence-corrected chi connectivity index (χ0v) is 27.2. The van der Waals surface area contributed by atoms with Crippen LogP contribution in [0, 0.1) is 5.82 Å². The molecule has 1 aliphatic rings. The number of carbonyl (C=O) groups excluding carboxylic acids is 2. The van der Waals surface area contributed by atoms with Crippen molar-refractivity contribution in [2.45, 2.75) is 33.4 Å². The molecule has 0 aromatic heterocycles. The van der Waals surface area contributed by atoms with Gasteiger partial charge in [0.1, 0.15) is 18.2 Å². The molecule has 0 bridgehead atoms. The Labute approximate surface area is 274 Å². The Kier molecular flexibility index (Phi) is 11.9. The minimum Gasteiger partial charge on any atom is -0.490 e. The molecule has 0 radical (unpaired) electrons.